The van der Waals surface area contributed by atoms with Crippen LogP contribution in [-0.4, -0.2) is 25.9 Å². The minimum absolute atomic E-state index is 0.142. The van der Waals surface area contributed by atoms with Crippen molar-refractivity contribution in [3.63, 3.8) is 0 Å². The number of hydrogen-bond acceptors (Lipinski definition) is 5. The molecule has 1 aromatic carbocycles. The fourth-order valence-corrected chi connectivity index (χ4v) is 1.89. The first-order chi connectivity index (χ1) is 10.0. The molecule has 1 aromatic heterocycles. The van der Waals surface area contributed by atoms with E-state index in [1.807, 2.05) is 6.92 Å². The predicted molar refractivity (Wildman–Crippen MR) is 73.8 cm³/mol. The lowest BCUT2D eigenvalue weighted by Gasteiger charge is -2.14. The summed E-state index contributed by atoms with van der Waals surface area (Å²) in [6, 6.07) is 3.16. The van der Waals surface area contributed by atoms with E-state index >= 15 is 0 Å². The second-order valence-corrected chi connectivity index (χ2v) is 4.37. The summed E-state index contributed by atoms with van der Waals surface area (Å²) in [4.78, 5) is 29.0. The zero-order valence-electron chi connectivity index (χ0n) is 11.2. The Labute approximate surface area is 120 Å². The molecule has 0 radical (unpaired) electrons. The fourth-order valence-electron chi connectivity index (χ4n) is 1.89. The molecule has 3 N–H and O–H groups in total. The number of hydrogen-bond donors (Lipinski definition) is 3. The largest absolute Gasteiger partial charge is 0.502 e. The van der Waals surface area contributed by atoms with E-state index in [0.29, 0.717) is 12.2 Å². The number of phenolic OH excluding ortho intramolecular Hbond substituents is 1. The molecule has 21 heavy (non-hydrogen) atoms. The minimum Gasteiger partial charge on any atom is -0.502 e. The number of nitro benzene ring substituents is 1. The monoisotopic (exact) mass is 290 g/mol. The third kappa shape index (κ3) is 3.16. The van der Waals surface area contributed by atoms with Crippen LogP contribution in [0.2, 0.25) is 0 Å². The first-order valence-electron chi connectivity index (χ1n) is 6.30. The number of rotatable bonds is 5. The van der Waals surface area contributed by atoms with E-state index in [2.05, 4.69) is 15.3 Å². The summed E-state index contributed by atoms with van der Waals surface area (Å²) in [5.41, 5.74) is -0.298. The highest BCUT2D eigenvalue weighted by Crippen LogP contribution is 2.26. The first kappa shape index (κ1) is 14.5. The molecule has 0 bridgehead atoms. The number of amides is 1. The highest BCUT2D eigenvalue weighted by atomic mass is 16.6. The lowest BCUT2D eigenvalue weighted by atomic mass is 10.1. The van der Waals surface area contributed by atoms with Crippen LogP contribution in [0, 0.1) is 10.1 Å². The number of aromatic hydroxyl groups is 1. The second kappa shape index (κ2) is 6.04. The average Bonchev–Trinajstić information content (AvgIpc) is 2.97. The SMILES string of the molecule is CCC(NC(=O)c1ccc([N+](=O)[O-])c(O)c1)c1ncc[nH]1. The molecule has 2 rings (SSSR count). The van der Waals surface area contributed by atoms with Gasteiger partial charge in [-0.1, -0.05) is 6.92 Å². The van der Waals surface area contributed by atoms with Gasteiger partial charge >= 0.3 is 5.69 Å². The Hall–Kier alpha value is -2.90. The molecule has 0 spiro atoms. The van der Waals surface area contributed by atoms with E-state index in [9.17, 15) is 20.0 Å². The topological polar surface area (TPSA) is 121 Å². The summed E-state index contributed by atoms with van der Waals surface area (Å²) in [5, 5.41) is 22.9. The van der Waals surface area contributed by atoms with Crippen LogP contribution in [0.25, 0.3) is 0 Å². The highest BCUT2D eigenvalue weighted by Gasteiger charge is 2.19. The number of aromatic nitrogens is 2. The van der Waals surface area contributed by atoms with Crippen LogP contribution < -0.4 is 5.32 Å². The molecular weight excluding hydrogens is 276 g/mol. The molecule has 0 aliphatic heterocycles. The third-order valence-corrected chi connectivity index (χ3v) is 3.00. The maximum absolute atomic E-state index is 12.1. The number of H-pyrrole nitrogens is 1. The number of aromatic amines is 1. The molecule has 0 aliphatic rings. The Bertz CT molecular complexity index is 654. The highest BCUT2D eigenvalue weighted by molar-refractivity contribution is 5.95. The van der Waals surface area contributed by atoms with E-state index in [-0.39, 0.29) is 11.6 Å². The van der Waals surface area contributed by atoms with Gasteiger partial charge in [0.25, 0.3) is 5.91 Å². The van der Waals surface area contributed by atoms with Gasteiger partial charge in [0.15, 0.2) is 5.75 Å². The lowest BCUT2D eigenvalue weighted by molar-refractivity contribution is -0.385. The van der Waals surface area contributed by atoms with Crippen molar-refractivity contribution in [2.24, 2.45) is 0 Å². The molecule has 0 aliphatic carbocycles. The van der Waals surface area contributed by atoms with Gasteiger partial charge in [-0.3, -0.25) is 14.9 Å². The van der Waals surface area contributed by atoms with Gasteiger partial charge in [0, 0.05) is 24.0 Å². The van der Waals surface area contributed by atoms with Gasteiger partial charge < -0.3 is 15.4 Å². The minimum atomic E-state index is -0.714. The van der Waals surface area contributed by atoms with E-state index in [4.69, 9.17) is 0 Å². The number of carbonyl (C=O) groups excluding carboxylic acids is 1. The van der Waals surface area contributed by atoms with Gasteiger partial charge in [-0.15, -0.1) is 0 Å². The van der Waals surface area contributed by atoms with Crippen LogP contribution in [0.4, 0.5) is 5.69 Å². The van der Waals surface area contributed by atoms with Crippen LogP contribution in [0.15, 0.2) is 30.6 Å². The number of nitro groups is 1. The van der Waals surface area contributed by atoms with Crippen molar-refractivity contribution in [1.29, 1.82) is 0 Å². The molecule has 0 saturated carbocycles. The normalized spacial score (nSPS) is 11.9. The standard InChI is InChI=1S/C13H14N4O4/c1-2-9(12-14-5-6-15-12)16-13(19)8-3-4-10(17(20)21)11(18)7-8/h3-7,9,18H,2H2,1H3,(H,14,15)(H,16,19). The molecular formula is C13H14N4O4. The Morgan fingerprint density at radius 3 is 2.86 bits per heavy atom. The Balaban J connectivity index is 2.16. The van der Waals surface area contributed by atoms with Gasteiger partial charge in [-0.25, -0.2) is 4.98 Å². The molecule has 1 unspecified atom stereocenters. The summed E-state index contributed by atoms with van der Waals surface area (Å²) in [6.45, 7) is 1.89. The Morgan fingerprint density at radius 1 is 1.57 bits per heavy atom. The van der Waals surface area contributed by atoms with Crippen LogP contribution in [-0.2, 0) is 0 Å². The van der Waals surface area contributed by atoms with E-state index in [1.165, 1.54) is 6.07 Å². The van der Waals surface area contributed by atoms with Crippen molar-refractivity contribution >= 4 is 11.6 Å². The zero-order chi connectivity index (χ0) is 15.4. The smallest absolute Gasteiger partial charge is 0.310 e. The molecule has 0 fully saturated rings. The molecule has 1 heterocycles. The van der Waals surface area contributed by atoms with Crippen molar-refractivity contribution in [1.82, 2.24) is 15.3 Å². The number of nitrogens with one attached hydrogen (secondary N) is 2. The van der Waals surface area contributed by atoms with Crippen molar-refractivity contribution in [2.75, 3.05) is 0 Å². The summed E-state index contributed by atoms with van der Waals surface area (Å²) in [6.07, 6.45) is 3.86. The number of phenols is 1. The molecule has 1 amide bonds. The molecule has 0 saturated heterocycles. The Morgan fingerprint density at radius 2 is 2.33 bits per heavy atom. The number of benzene rings is 1. The van der Waals surface area contributed by atoms with Crippen molar-refractivity contribution in [2.45, 2.75) is 19.4 Å². The van der Waals surface area contributed by atoms with E-state index < -0.39 is 22.3 Å². The van der Waals surface area contributed by atoms with Gasteiger partial charge in [0.05, 0.1) is 11.0 Å². The molecule has 110 valence electrons. The van der Waals surface area contributed by atoms with Gasteiger partial charge in [0.2, 0.25) is 0 Å². The van der Waals surface area contributed by atoms with Crippen molar-refractivity contribution in [3.05, 3.63) is 52.1 Å². The lowest BCUT2D eigenvalue weighted by Crippen LogP contribution is -2.28. The van der Waals surface area contributed by atoms with E-state index in [1.54, 1.807) is 12.4 Å². The number of imidazole rings is 1. The van der Waals surface area contributed by atoms with Gasteiger partial charge in [-0.2, -0.15) is 0 Å². The quantitative estimate of drug-likeness (QED) is 0.573. The fraction of sp³-hybridized carbons (Fsp3) is 0.231. The van der Waals surface area contributed by atoms with E-state index in [0.717, 1.165) is 12.1 Å². The summed E-state index contributed by atoms with van der Waals surface area (Å²) >= 11 is 0. The Kier molecular flexibility index (Phi) is 4.17. The molecule has 2 aromatic rings. The molecule has 8 heteroatoms. The third-order valence-electron chi connectivity index (χ3n) is 3.00. The second-order valence-electron chi connectivity index (χ2n) is 4.37. The average molecular weight is 290 g/mol. The molecule has 8 nitrogen and oxygen atoms in total. The number of nitrogens with zero attached hydrogens (tertiary/aromatic N) is 2. The first-order valence-corrected chi connectivity index (χ1v) is 6.30. The maximum Gasteiger partial charge on any atom is 0.310 e. The summed E-state index contributed by atoms with van der Waals surface area (Å²) in [7, 11) is 0. The van der Waals surface area contributed by atoms with Crippen LogP contribution in [0.1, 0.15) is 35.6 Å². The van der Waals surface area contributed by atoms with Crippen molar-refractivity contribution in [3.8, 4) is 5.75 Å². The number of carbonyl (C=O) groups is 1. The predicted octanol–water partition coefficient (Wildman–Crippen LogP) is 1.90. The summed E-state index contributed by atoms with van der Waals surface area (Å²) < 4.78 is 0. The van der Waals surface area contributed by atoms with Crippen LogP contribution in [0.3, 0.4) is 0 Å². The summed E-state index contributed by atoms with van der Waals surface area (Å²) in [5.74, 6) is -0.362. The van der Waals surface area contributed by atoms with Crippen molar-refractivity contribution < 1.29 is 14.8 Å². The maximum atomic E-state index is 12.1. The zero-order valence-corrected chi connectivity index (χ0v) is 11.2. The van der Waals surface area contributed by atoms with Crippen LogP contribution >= 0.6 is 0 Å². The van der Waals surface area contributed by atoms with Crippen LogP contribution in [0.5, 0.6) is 5.75 Å². The van der Waals surface area contributed by atoms with Gasteiger partial charge in [0.1, 0.15) is 5.82 Å². The molecule has 1 atom stereocenters. The van der Waals surface area contributed by atoms with Gasteiger partial charge in [-0.05, 0) is 18.6 Å².